The molecule has 0 aliphatic heterocycles. The smallest absolute Gasteiger partial charge is 0.343 e. The van der Waals surface area contributed by atoms with Crippen molar-refractivity contribution in [3.63, 3.8) is 0 Å². The third-order valence-corrected chi connectivity index (χ3v) is 6.35. The van der Waals surface area contributed by atoms with Crippen LogP contribution in [-0.2, 0) is 11.3 Å². The van der Waals surface area contributed by atoms with Crippen LogP contribution in [0.4, 0.5) is 13.2 Å². The van der Waals surface area contributed by atoms with Gasteiger partial charge in [-0.15, -0.1) is 0 Å². The summed E-state index contributed by atoms with van der Waals surface area (Å²) < 4.78 is 54.3. The summed E-state index contributed by atoms with van der Waals surface area (Å²) in [4.78, 5) is 12.5. The molecule has 1 fully saturated rings. The van der Waals surface area contributed by atoms with E-state index in [4.69, 9.17) is 9.47 Å². The minimum absolute atomic E-state index is 0.118. The molecule has 1 aliphatic carbocycles. The largest absolute Gasteiger partial charge is 0.420 e. The SMILES string of the molecule is CCOCc1ccc(-c2ccc(C(=O)Oc3ccc(C4CCC(O)CC4)c(F)c3F)cc2)c(F)c1. The van der Waals surface area contributed by atoms with Crippen LogP contribution >= 0.6 is 0 Å². The summed E-state index contributed by atoms with van der Waals surface area (Å²) in [5.74, 6) is -4.19. The third kappa shape index (κ3) is 5.74. The van der Waals surface area contributed by atoms with Gasteiger partial charge in [0, 0.05) is 12.2 Å². The molecule has 0 spiro atoms. The van der Waals surface area contributed by atoms with E-state index in [9.17, 15) is 23.1 Å². The molecular formula is C28H27F3O4. The van der Waals surface area contributed by atoms with Crippen molar-refractivity contribution in [2.75, 3.05) is 6.61 Å². The molecule has 0 radical (unpaired) electrons. The van der Waals surface area contributed by atoms with Crippen LogP contribution in [0.5, 0.6) is 5.75 Å². The minimum Gasteiger partial charge on any atom is -0.420 e. The van der Waals surface area contributed by atoms with Gasteiger partial charge in [-0.1, -0.05) is 30.3 Å². The predicted octanol–water partition coefficient (Wildman–Crippen LogP) is 6.55. The van der Waals surface area contributed by atoms with Crippen molar-refractivity contribution in [2.45, 2.75) is 51.2 Å². The molecule has 35 heavy (non-hydrogen) atoms. The van der Waals surface area contributed by atoms with Crippen LogP contribution in [-0.4, -0.2) is 23.8 Å². The quantitative estimate of drug-likeness (QED) is 0.305. The zero-order chi connectivity index (χ0) is 24.9. The van der Waals surface area contributed by atoms with E-state index < -0.39 is 35.3 Å². The fourth-order valence-corrected chi connectivity index (χ4v) is 4.37. The summed E-state index contributed by atoms with van der Waals surface area (Å²) >= 11 is 0. The molecule has 4 rings (SSSR count). The molecule has 1 saturated carbocycles. The van der Waals surface area contributed by atoms with Crippen molar-refractivity contribution in [2.24, 2.45) is 0 Å². The number of carbonyl (C=O) groups is 1. The Bertz CT molecular complexity index is 1190. The Balaban J connectivity index is 1.45. The standard InChI is InChI=1S/C28H27F3O4/c1-2-34-16-17-3-12-22(24(29)15-17)18-4-6-20(7-5-18)28(33)35-25-14-13-23(26(30)27(25)31)19-8-10-21(32)11-9-19/h3-7,12-15,19,21,32H,2,8-11,16H2,1H3. The molecule has 0 amide bonds. The zero-order valence-corrected chi connectivity index (χ0v) is 19.4. The zero-order valence-electron chi connectivity index (χ0n) is 19.4. The van der Waals surface area contributed by atoms with Crippen LogP contribution in [0.25, 0.3) is 11.1 Å². The van der Waals surface area contributed by atoms with Gasteiger partial charge < -0.3 is 14.6 Å². The first-order valence-electron chi connectivity index (χ1n) is 11.7. The molecule has 184 valence electrons. The number of benzene rings is 3. The molecular weight excluding hydrogens is 457 g/mol. The van der Waals surface area contributed by atoms with Crippen LogP contribution in [0.3, 0.4) is 0 Å². The minimum atomic E-state index is -1.21. The molecule has 0 unspecified atom stereocenters. The highest BCUT2D eigenvalue weighted by atomic mass is 19.2. The number of esters is 1. The van der Waals surface area contributed by atoms with Gasteiger partial charge in [-0.2, -0.15) is 4.39 Å². The first-order valence-corrected chi connectivity index (χ1v) is 11.7. The summed E-state index contributed by atoms with van der Waals surface area (Å²) in [5, 5.41) is 9.64. The van der Waals surface area contributed by atoms with E-state index in [-0.39, 0.29) is 17.0 Å². The Labute approximate surface area is 202 Å². The Morgan fingerprint density at radius 2 is 1.66 bits per heavy atom. The number of ether oxygens (including phenoxy) is 2. The fourth-order valence-electron chi connectivity index (χ4n) is 4.37. The Morgan fingerprint density at radius 3 is 2.31 bits per heavy atom. The van der Waals surface area contributed by atoms with Crippen molar-refractivity contribution >= 4 is 5.97 Å². The van der Waals surface area contributed by atoms with Gasteiger partial charge in [-0.05, 0) is 79.5 Å². The highest BCUT2D eigenvalue weighted by Crippen LogP contribution is 2.36. The average Bonchev–Trinajstić information content (AvgIpc) is 2.86. The molecule has 1 aliphatic rings. The Morgan fingerprint density at radius 1 is 0.943 bits per heavy atom. The maximum Gasteiger partial charge on any atom is 0.343 e. The Hall–Kier alpha value is -3.16. The van der Waals surface area contributed by atoms with Gasteiger partial charge in [0.15, 0.2) is 11.6 Å². The van der Waals surface area contributed by atoms with Crippen molar-refractivity contribution in [1.29, 1.82) is 0 Å². The third-order valence-electron chi connectivity index (χ3n) is 6.35. The number of hydrogen-bond acceptors (Lipinski definition) is 4. The van der Waals surface area contributed by atoms with Crippen LogP contribution < -0.4 is 4.74 Å². The van der Waals surface area contributed by atoms with Crippen LogP contribution in [0.15, 0.2) is 54.6 Å². The van der Waals surface area contributed by atoms with Crippen LogP contribution in [0.1, 0.15) is 60.0 Å². The van der Waals surface area contributed by atoms with Gasteiger partial charge in [-0.3, -0.25) is 0 Å². The highest BCUT2D eigenvalue weighted by Gasteiger charge is 2.26. The van der Waals surface area contributed by atoms with Crippen molar-refractivity contribution in [3.05, 3.63) is 88.7 Å². The van der Waals surface area contributed by atoms with Gasteiger partial charge >= 0.3 is 5.97 Å². The van der Waals surface area contributed by atoms with E-state index in [0.717, 1.165) is 5.56 Å². The maximum atomic E-state index is 14.7. The summed E-state index contributed by atoms with van der Waals surface area (Å²) in [6.45, 7) is 2.72. The van der Waals surface area contributed by atoms with E-state index in [1.54, 1.807) is 24.3 Å². The van der Waals surface area contributed by atoms with Crippen molar-refractivity contribution in [1.82, 2.24) is 0 Å². The molecule has 0 heterocycles. The van der Waals surface area contributed by atoms with E-state index in [1.165, 1.54) is 30.3 Å². The molecule has 0 bridgehead atoms. The summed E-state index contributed by atoms with van der Waals surface area (Å²) in [6.07, 6.45) is 1.82. The lowest BCUT2D eigenvalue weighted by Gasteiger charge is -2.26. The number of halogens is 3. The monoisotopic (exact) mass is 484 g/mol. The average molecular weight is 485 g/mol. The molecule has 0 aromatic heterocycles. The second kappa shape index (κ2) is 11.1. The number of hydrogen-bond donors (Lipinski definition) is 1. The normalized spacial score (nSPS) is 17.9. The van der Waals surface area contributed by atoms with Crippen LogP contribution in [0, 0.1) is 17.5 Å². The van der Waals surface area contributed by atoms with Gasteiger partial charge in [0.1, 0.15) is 5.82 Å². The maximum absolute atomic E-state index is 14.7. The fraction of sp³-hybridized carbons (Fsp3) is 0.321. The van der Waals surface area contributed by atoms with E-state index in [1.807, 2.05) is 6.92 Å². The first kappa shape index (κ1) is 24.9. The summed E-state index contributed by atoms with van der Waals surface area (Å²) in [7, 11) is 0. The second-order valence-corrected chi connectivity index (χ2v) is 8.70. The van der Waals surface area contributed by atoms with E-state index >= 15 is 0 Å². The lowest BCUT2D eigenvalue weighted by atomic mass is 9.82. The van der Waals surface area contributed by atoms with Gasteiger partial charge in [0.05, 0.1) is 18.3 Å². The van der Waals surface area contributed by atoms with Gasteiger partial charge in [0.25, 0.3) is 0 Å². The second-order valence-electron chi connectivity index (χ2n) is 8.70. The number of rotatable bonds is 7. The molecule has 0 saturated heterocycles. The Kier molecular flexibility index (Phi) is 7.88. The van der Waals surface area contributed by atoms with E-state index in [2.05, 4.69) is 0 Å². The molecule has 3 aromatic carbocycles. The van der Waals surface area contributed by atoms with Crippen molar-refractivity contribution in [3.8, 4) is 16.9 Å². The molecule has 1 N–H and O–H groups in total. The number of aliphatic hydroxyl groups is 1. The number of aliphatic hydroxyl groups excluding tert-OH is 1. The lowest BCUT2D eigenvalue weighted by molar-refractivity contribution is 0.0726. The van der Waals surface area contributed by atoms with E-state index in [0.29, 0.717) is 50.0 Å². The summed E-state index contributed by atoms with van der Waals surface area (Å²) in [6, 6.07) is 13.5. The molecule has 4 nitrogen and oxygen atoms in total. The molecule has 7 heteroatoms. The first-order chi connectivity index (χ1) is 16.9. The van der Waals surface area contributed by atoms with Gasteiger partial charge in [-0.25, -0.2) is 13.6 Å². The highest BCUT2D eigenvalue weighted by molar-refractivity contribution is 5.91. The predicted molar refractivity (Wildman–Crippen MR) is 126 cm³/mol. The number of carbonyl (C=O) groups excluding carboxylic acids is 1. The van der Waals surface area contributed by atoms with Crippen molar-refractivity contribution < 1.29 is 32.5 Å². The summed E-state index contributed by atoms with van der Waals surface area (Å²) in [5.41, 5.74) is 1.99. The van der Waals surface area contributed by atoms with Crippen LogP contribution in [0.2, 0.25) is 0 Å². The topological polar surface area (TPSA) is 55.8 Å². The molecule has 0 atom stereocenters. The molecule has 3 aromatic rings. The van der Waals surface area contributed by atoms with Gasteiger partial charge in [0.2, 0.25) is 5.82 Å². The lowest BCUT2D eigenvalue weighted by Crippen LogP contribution is -2.18.